The molecule has 0 radical (unpaired) electrons. The van der Waals surface area contributed by atoms with Gasteiger partial charge in [0.15, 0.2) is 0 Å². The molecule has 4 aliphatic heterocycles. The van der Waals surface area contributed by atoms with Crippen molar-refractivity contribution < 1.29 is 82.3 Å². The molecule has 8 amide bonds. The number of hydrogen-bond donors (Lipinski definition) is 7. The van der Waals surface area contributed by atoms with E-state index in [0.29, 0.717) is 108 Å². The maximum absolute atomic E-state index is 14.2. The zero-order valence-electron chi connectivity index (χ0n) is 65.6. The van der Waals surface area contributed by atoms with Crippen molar-refractivity contribution in [1.82, 2.24) is 50.8 Å². The lowest BCUT2D eigenvalue weighted by Gasteiger charge is -2.39. The van der Waals surface area contributed by atoms with Crippen LogP contribution in [0.2, 0.25) is 0 Å². The summed E-state index contributed by atoms with van der Waals surface area (Å²) in [7, 11) is 0. The highest BCUT2D eigenvalue weighted by molar-refractivity contribution is 6.68. The summed E-state index contributed by atoms with van der Waals surface area (Å²) in [6, 6.07) is 15.2. The van der Waals surface area contributed by atoms with E-state index in [0.717, 1.165) is 27.4 Å². The Morgan fingerprint density at radius 1 is 0.527 bits per heavy atom. The number of pyridine rings is 2. The monoisotopic (exact) mass is 1680 g/mol. The molecule has 2 aromatic carbocycles. The number of esters is 2. The molecule has 8 atom stereocenters. The predicted octanol–water partition coefficient (Wildman–Crippen LogP) is 10.9. The summed E-state index contributed by atoms with van der Waals surface area (Å²) in [5.74, 6) is -5.89. The van der Waals surface area contributed by atoms with Gasteiger partial charge in [-0.3, -0.25) is 57.9 Å². The molecule has 8 rings (SSSR count). The second-order valence-corrected chi connectivity index (χ2v) is 35.8. The van der Waals surface area contributed by atoms with Crippen LogP contribution in [-0.4, -0.2) is 213 Å². The van der Waals surface area contributed by atoms with Gasteiger partial charge in [-0.15, -0.1) is 0 Å². The number of aliphatic carboxylic acids is 1. The quantitative estimate of drug-likeness (QED) is 0.0218. The van der Waals surface area contributed by atoms with Crippen molar-refractivity contribution in [1.29, 1.82) is 0 Å². The van der Waals surface area contributed by atoms with E-state index in [1.165, 1.54) is 23.6 Å². The Bertz CT molecular complexity index is 4070. The van der Waals surface area contributed by atoms with Gasteiger partial charge in [0.1, 0.15) is 43.0 Å². The zero-order valence-corrected chi connectivity index (χ0v) is 70.1. The van der Waals surface area contributed by atoms with Crippen LogP contribution >= 0.6 is 69.6 Å². The third-order valence-corrected chi connectivity index (χ3v) is 20.5. The normalized spacial score (nSPS) is 19.0. The minimum absolute atomic E-state index is 0.0208. The summed E-state index contributed by atoms with van der Waals surface area (Å²) in [4.78, 5) is 155. The molecule has 27 nitrogen and oxygen atoms in total. The number of fused-ring (bicyclic) bond motifs is 2. The number of carboxylic acid groups (broad SMARTS) is 1. The fraction of sp³-hybridized carbons (Fsp3) is 0.582. The summed E-state index contributed by atoms with van der Waals surface area (Å²) in [6.45, 7) is 23.7. The van der Waals surface area contributed by atoms with Crippen molar-refractivity contribution in [2.45, 2.75) is 191 Å². The van der Waals surface area contributed by atoms with Gasteiger partial charge in [-0.05, 0) is 147 Å². The first kappa shape index (κ1) is 93.2. The second-order valence-electron chi connectivity index (χ2n) is 30.7. The lowest BCUT2D eigenvalue weighted by molar-refractivity contribution is -0.153. The first-order valence-corrected chi connectivity index (χ1v) is 39.7. The van der Waals surface area contributed by atoms with Crippen LogP contribution in [0.25, 0.3) is 34.0 Å². The molecule has 0 bridgehead atoms. The number of amides is 8. The Morgan fingerprint density at radius 3 is 1.24 bits per heavy atom. The van der Waals surface area contributed by atoms with Crippen LogP contribution in [0, 0.1) is 34.5 Å². The van der Waals surface area contributed by atoms with Crippen LogP contribution < -0.4 is 21.3 Å². The molecule has 4 aliphatic rings. The van der Waals surface area contributed by atoms with E-state index in [4.69, 9.17) is 83.8 Å². The van der Waals surface area contributed by atoms with Crippen LogP contribution in [0.3, 0.4) is 0 Å². The standard InChI is InChI=1S/C37H48Cl3N5O7.C21H34Cl3N3O6.C21H24N2O4/c1-22(2)31(32(48)41-23(3)33(49)45-16-6-7-28(20-45)34(50)52-21-37(38,39)40)43-35(51)36(14-17-44(18-15-36)25(5)47)13-12-26-8-9-27-10-11-29(24(4)46)42-30(27)19-26;1-12(2)15(26-19(31)33-20(4,5)6)16(28)25-13(3)17(29)27-9-7-8-14(10-27)18(30)32-11-21(22,23)24;1-14(24)18-6-5-17-4-3-16(13-19(17)22-18)7-8-21(20(26)27)9-11-23(12-10-21)15(2)25/h8-13,19,22-24,28,31,46H,6-7,14-18,20-21H2,1-5H3,(H,41,48)(H,43,51);12-15H,7-11H2,1-6H3,(H,25,28)(H,26,31);3-8,13-14,24H,9-12H2,1-2H3,(H,26,27)/b13-12+;;8-7+/t23-,24+,28+,31-;13-,14+,15-;14-/m001/s1. The number of halogens is 6. The number of nitrogens with one attached hydrogen (secondary N) is 4. The van der Waals surface area contributed by atoms with Crippen LogP contribution in [0.15, 0.2) is 72.8 Å². The number of benzene rings is 2. The average Bonchev–Trinajstić information content (AvgIpc) is 0.799. The van der Waals surface area contributed by atoms with Gasteiger partial charge in [0.05, 0.1) is 57.3 Å². The molecule has 0 saturated carbocycles. The van der Waals surface area contributed by atoms with E-state index < -0.39 is 115 Å². The zero-order chi connectivity index (χ0) is 83.5. The first-order valence-electron chi connectivity index (χ1n) is 37.5. The SMILES string of the molecule is CC(=O)N1CCC(/C=C/c2ccc3ccc([C@@H](C)O)nc3c2)(C(=O)N[C@H](C(=O)N[C@@H](C)C(=O)N2CCC[C@@H](C(=O)OCC(Cl)(Cl)Cl)C2)C(C)C)CC1.CC(=O)N1CCC(/C=C/c2ccc3ccc([C@@H](C)O)nc3c2)(C(=O)O)CC1.CC(C)[C@H](NC(=O)OC(C)(C)C)C(=O)N[C@@H](C)C(=O)N1CCC[C@@H](C(=O)OCC(Cl)(Cl)Cl)C1. The molecule has 0 aliphatic carbocycles. The van der Waals surface area contributed by atoms with Crippen molar-refractivity contribution in [2.24, 2.45) is 34.5 Å². The van der Waals surface area contributed by atoms with Crippen LogP contribution in [-0.2, 0) is 62.2 Å². The second kappa shape index (κ2) is 41.1. The third-order valence-electron chi connectivity index (χ3n) is 19.8. The molecule has 4 fully saturated rings. The van der Waals surface area contributed by atoms with Crippen molar-refractivity contribution >= 4 is 169 Å². The average molecular weight is 1680 g/mol. The summed E-state index contributed by atoms with van der Waals surface area (Å²) in [5, 5.41) is 42.3. The van der Waals surface area contributed by atoms with E-state index >= 15 is 0 Å². The van der Waals surface area contributed by atoms with Crippen LogP contribution in [0.5, 0.6) is 0 Å². The van der Waals surface area contributed by atoms with Gasteiger partial charge < -0.3 is 70.4 Å². The van der Waals surface area contributed by atoms with Gasteiger partial charge in [-0.1, -0.05) is 158 Å². The number of rotatable bonds is 22. The number of alkyl carbamates (subject to hydrolysis) is 1. The van der Waals surface area contributed by atoms with E-state index in [1.807, 2.05) is 66.8 Å². The number of aliphatic hydroxyl groups is 2. The van der Waals surface area contributed by atoms with Crippen LogP contribution in [0.4, 0.5) is 4.79 Å². The molecular formula is C79H106Cl6N10O17. The molecule has 4 saturated heterocycles. The summed E-state index contributed by atoms with van der Waals surface area (Å²) in [6.07, 6.45) is 8.84. The summed E-state index contributed by atoms with van der Waals surface area (Å²) >= 11 is 33.9. The number of hydrogen-bond acceptors (Lipinski definition) is 18. The summed E-state index contributed by atoms with van der Waals surface area (Å²) < 4.78 is 11.9. The van der Waals surface area contributed by atoms with E-state index in [1.54, 1.807) is 104 Å². The summed E-state index contributed by atoms with van der Waals surface area (Å²) in [5.41, 5.74) is 1.55. The van der Waals surface area contributed by atoms with Crippen LogP contribution in [0.1, 0.15) is 176 Å². The number of carboxylic acids is 1. The topological polar surface area (TPSA) is 363 Å². The fourth-order valence-corrected chi connectivity index (χ4v) is 13.5. The first-order chi connectivity index (χ1) is 52.2. The van der Waals surface area contributed by atoms with Gasteiger partial charge in [-0.2, -0.15) is 0 Å². The number of aromatic nitrogens is 2. The molecule has 6 heterocycles. The smallest absolute Gasteiger partial charge is 0.408 e. The predicted molar refractivity (Wildman–Crippen MR) is 429 cm³/mol. The van der Waals surface area contributed by atoms with Gasteiger partial charge >= 0.3 is 24.0 Å². The third kappa shape index (κ3) is 28.1. The molecule has 2 aromatic heterocycles. The maximum Gasteiger partial charge on any atom is 0.408 e. The Hall–Kier alpha value is -7.63. The number of aliphatic hydroxyl groups excluding tert-OH is 2. The van der Waals surface area contributed by atoms with Gasteiger partial charge in [0.2, 0.25) is 48.9 Å². The number of nitrogens with zero attached hydrogens (tertiary/aromatic N) is 6. The number of ether oxygens (including phenoxy) is 3. The largest absolute Gasteiger partial charge is 0.481 e. The molecular weight excluding hydrogens is 1570 g/mol. The molecule has 112 heavy (non-hydrogen) atoms. The number of carbonyl (C=O) groups is 11. The molecule has 7 N–H and O–H groups in total. The Labute approximate surface area is 684 Å². The van der Waals surface area contributed by atoms with Crippen molar-refractivity contribution in [3.63, 3.8) is 0 Å². The van der Waals surface area contributed by atoms with E-state index in [-0.39, 0.29) is 61.1 Å². The Morgan fingerprint density at radius 2 is 0.893 bits per heavy atom. The minimum Gasteiger partial charge on any atom is -0.481 e. The van der Waals surface area contributed by atoms with E-state index in [2.05, 4.69) is 31.2 Å². The highest BCUT2D eigenvalue weighted by Gasteiger charge is 2.44. The molecule has 616 valence electrons. The molecule has 33 heteroatoms. The van der Waals surface area contributed by atoms with Crippen molar-refractivity contribution in [3.05, 3.63) is 95.3 Å². The molecule has 0 unspecified atom stereocenters. The van der Waals surface area contributed by atoms with Gasteiger partial charge in [-0.25, -0.2) is 4.79 Å². The highest BCUT2D eigenvalue weighted by Crippen LogP contribution is 2.38. The van der Waals surface area contributed by atoms with E-state index in [9.17, 15) is 68.1 Å². The number of likely N-dealkylation sites (tertiary alicyclic amines) is 4. The molecule has 4 aromatic rings. The van der Waals surface area contributed by atoms with Crippen molar-refractivity contribution in [2.75, 3.05) is 65.6 Å². The van der Waals surface area contributed by atoms with Gasteiger partial charge in [0, 0.05) is 77.0 Å². The highest BCUT2D eigenvalue weighted by atomic mass is 35.6. The minimum atomic E-state index is -1.75. The maximum atomic E-state index is 14.2. The fourth-order valence-electron chi connectivity index (χ4n) is 13.2. The number of carbonyl (C=O) groups excluding carboxylic acids is 10. The molecule has 0 spiro atoms. The lowest BCUT2D eigenvalue weighted by Crippen LogP contribution is -2.58. The Balaban J connectivity index is 0.000000280. The Kier molecular flexibility index (Phi) is 34.2. The number of alkyl halides is 6. The van der Waals surface area contributed by atoms with Crippen molar-refractivity contribution in [3.8, 4) is 0 Å². The lowest BCUT2D eigenvalue weighted by atomic mass is 9.76. The van der Waals surface area contributed by atoms with Gasteiger partial charge in [0.25, 0.3) is 0 Å². The number of piperidine rings is 4.